The highest BCUT2D eigenvalue weighted by Gasteiger charge is 2.09. The second kappa shape index (κ2) is 8.32. The Hall–Kier alpha value is -3.40. The summed E-state index contributed by atoms with van der Waals surface area (Å²) in [7, 11) is 3.12. The van der Waals surface area contributed by atoms with Crippen LogP contribution in [-0.2, 0) is 0 Å². The Morgan fingerprint density at radius 2 is 1.59 bits per heavy atom. The van der Waals surface area contributed by atoms with Crippen LogP contribution in [0.1, 0.15) is 15.9 Å². The van der Waals surface area contributed by atoms with Crippen molar-refractivity contribution < 1.29 is 18.7 Å². The molecule has 0 heterocycles. The number of halogens is 1. The van der Waals surface area contributed by atoms with E-state index in [9.17, 15) is 9.18 Å². The van der Waals surface area contributed by atoms with Gasteiger partial charge in [0.05, 0.1) is 14.2 Å². The molecule has 0 unspecified atom stereocenters. The van der Waals surface area contributed by atoms with Gasteiger partial charge < -0.3 is 9.47 Å². The van der Waals surface area contributed by atoms with E-state index < -0.39 is 0 Å². The van der Waals surface area contributed by atoms with E-state index in [1.165, 1.54) is 18.2 Å². The minimum absolute atomic E-state index is 0.155. The Morgan fingerprint density at radius 3 is 2.30 bits per heavy atom. The smallest absolute Gasteiger partial charge is 0.185 e. The molecule has 0 aliphatic heterocycles. The number of ketones is 1. The van der Waals surface area contributed by atoms with Crippen molar-refractivity contribution in [3.05, 3.63) is 89.8 Å². The molecule has 3 rings (SSSR count). The summed E-state index contributed by atoms with van der Waals surface area (Å²) in [6.45, 7) is 0. The van der Waals surface area contributed by atoms with Gasteiger partial charge in [-0.05, 0) is 47.5 Å². The zero-order valence-corrected chi connectivity index (χ0v) is 15.1. The molecule has 4 heteroatoms. The number of carbonyl (C=O) groups is 1. The zero-order valence-electron chi connectivity index (χ0n) is 15.1. The topological polar surface area (TPSA) is 35.5 Å². The van der Waals surface area contributed by atoms with Crippen molar-refractivity contribution in [2.45, 2.75) is 0 Å². The number of methoxy groups -OCH3 is 2. The summed E-state index contributed by atoms with van der Waals surface area (Å²) in [5, 5.41) is 0. The van der Waals surface area contributed by atoms with E-state index >= 15 is 0 Å². The molecule has 0 aliphatic rings. The van der Waals surface area contributed by atoms with Gasteiger partial charge in [-0.25, -0.2) is 4.39 Å². The Balaban J connectivity index is 1.87. The third kappa shape index (κ3) is 4.23. The predicted octanol–water partition coefficient (Wildman–Crippen LogP) is 5.41. The Kier molecular flexibility index (Phi) is 5.67. The molecule has 0 spiro atoms. The van der Waals surface area contributed by atoms with Gasteiger partial charge in [0.2, 0.25) is 0 Å². The van der Waals surface area contributed by atoms with E-state index in [-0.39, 0.29) is 11.6 Å². The van der Waals surface area contributed by atoms with Crippen LogP contribution in [0.2, 0.25) is 0 Å². The summed E-state index contributed by atoms with van der Waals surface area (Å²) in [5.41, 5.74) is 2.78. The van der Waals surface area contributed by atoms with Crippen molar-refractivity contribution in [1.82, 2.24) is 0 Å². The van der Waals surface area contributed by atoms with Crippen molar-refractivity contribution in [1.29, 1.82) is 0 Å². The van der Waals surface area contributed by atoms with Crippen molar-refractivity contribution in [2.24, 2.45) is 0 Å². The average Bonchev–Trinajstić information content (AvgIpc) is 2.71. The van der Waals surface area contributed by atoms with E-state index in [0.29, 0.717) is 17.1 Å². The first-order valence-electron chi connectivity index (χ1n) is 8.42. The fraction of sp³-hybridized carbons (Fsp3) is 0.0870. The first-order chi connectivity index (χ1) is 13.1. The van der Waals surface area contributed by atoms with Crippen LogP contribution in [0.3, 0.4) is 0 Å². The molecule has 0 aliphatic carbocycles. The first-order valence-corrected chi connectivity index (χ1v) is 8.42. The molecule has 0 aromatic heterocycles. The van der Waals surface area contributed by atoms with Crippen LogP contribution < -0.4 is 9.47 Å². The molecule has 0 saturated carbocycles. The summed E-state index contributed by atoms with van der Waals surface area (Å²) < 4.78 is 24.1. The van der Waals surface area contributed by atoms with Gasteiger partial charge in [0, 0.05) is 11.1 Å². The molecule has 0 N–H and O–H groups in total. The van der Waals surface area contributed by atoms with Crippen LogP contribution in [0.25, 0.3) is 17.2 Å². The number of ether oxygens (including phenoxy) is 2. The second-order valence-corrected chi connectivity index (χ2v) is 5.87. The standard InChI is InChI=1S/C23H19FO3/c1-26-22-11-5-6-16(23(22)27-2)12-13-21(25)19-9-3-7-17(14-19)18-8-4-10-20(24)15-18/h3-15H,1-2H3/b13-12+. The lowest BCUT2D eigenvalue weighted by Crippen LogP contribution is -1.96. The summed E-state index contributed by atoms with van der Waals surface area (Å²) in [4.78, 5) is 12.6. The number of allylic oxidation sites excluding steroid dienone is 1. The average molecular weight is 362 g/mol. The highest BCUT2D eigenvalue weighted by molar-refractivity contribution is 6.07. The van der Waals surface area contributed by atoms with Crippen LogP contribution in [-0.4, -0.2) is 20.0 Å². The molecule has 3 aromatic rings. The molecule has 3 aromatic carbocycles. The molecule has 0 atom stereocenters. The van der Waals surface area contributed by atoms with Crippen LogP contribution >= 0.6 is 0 Å². The molecule has 0 radical (unpaired) electrons. The van der Waals surface area contributed by atoms with Crippen LogP contribution in [0, 0.1) is 5.82 Å². The van der Waals surface area contributed by atoms with Crippen LogP contribution in [0.5, 0.6) is 11.5 Å². The molecule has 136 valence electrons. The Morgan fingerprint density at radius 1 is 0.889 bits per heavy atom. The summed E-state index contributed by atoms with van der Waals surface area (Å²) in [5.74, 6) is 0.699. The normalized spacial score (nSPS) is 10.8. The second-order valence-electron chi connectivity index (χ2n) is 5.87. The molecular weight excluding hydrogens is 343 g/mol. The zero-order chi connectivity index (χ0) is 19.2. The molecule has 27 heavy (non-hydrogen) atoms. The van der Waals surface area contributed by atoms with Gasteiger partial charge in [0.15, 0.2) is 17.3 Å². The minimum Gasteiger partial charge on any atom is -0.493 e. The van der Waals surface area contributed by atoms with Crippen molar-refractivity contribution in [3.8, 4) is 22.6 Å². The maximum atomic E-state index is 13.5. The fourth-order valence-corrected chi connectivity index (χ4v) is 2.82. The van der Waals surface area contributed by atoms with E-state index in [1.807, 2.05) is 24.3 Å². The highest BCUT2D eigenvalue weighted by atomic mass is 19.1. The SMILES string of the molecule is COc1cccc(/C=C/C(=O)c2cccc(-c3cccc(F)c3)c2)c1OC. The number of hydrogen-bond donors (Lipinski definition) is 0. The summed E-state index contributed by atoms with van der Waals surface area (Å²) in [6, 6.07) is 18.9. The molecule has 0 bridgehead atoms. The lowest BCUT2D eigenvalue weighted by atomic mass is 10.0. The molecule has 3 nitrogen and oxygen atoms in total. The van der Waals surface area contributed by atoms with Gasteiger partial charge in [0.1, 0.15) is 5.82 Å². The third-order valence-electron chi connectivity index (χ3n) is 4.15. The van der Waals surface area contributed by atoms with E-state index in [2.05, 4.69) is 0 Å². The Labute approximate surface area is 157 Å². The largest absolute Gasteiger partial charge is 0.493 e. The molecular formula is C23H19FO3. The van der Waals surface area contributed by atoms with E-state index in [1.54, 1.807) is 50.6 Å². The maximum absolute atomic E-state index is 13.5. The summed E-state index contributed by atoms with van der Waals surface area (Å²) >= 11 is 0. The first kappa shape index (κ1) is 18.4. The fourth-order valence-electron chi connectivity index (χ4n) is 2.82. The van der Waals surface area contributed by atoms with Crippen LogP contribution in [0.4, 0.5) is 4.39 Å². The quantitative estimate of drug-likeness (QED) is 0.435. The number of benzene rings is 3. The van der Waals surface area contributed by atoms with Gasteiger partial charge >= 0.3 is 0 Å². The highest BCUT2D eigenvalue weighted by Crippen LogP contribution is 2.31. The van der Waals surface area contributed by atoms with E-state index in [0.717, 1.165) is 16.7 Å². The number of hydrogen-bond acceptors (Lipinski definition) is 3. The lowest BCUT2D eigenvalue weighted by molar-refractivity contribution is 0.104. The number of rotatable bonds is 6. The molecule has 0 amide bonds. The van der Waals surface area contributed by atoms with E-state index in [4.69, 9.17) is 9.47 Å². The number of para-hydroxylation sites is 1. The molecule has 0 fully saturated rings. The maximum Gasteiger partial charge on any atom is 0.185 e. The third-order valence-corrected chi connectivity index (χ3v) is 4.15. The van der Waals surface area contributed by atoms with Crippen molar-refractivity contribution >= 4 is 11.9 Å². The lowest BCUT2D eigenvalue weighted by Gasteiger charge is -2.09. The Bertz CT molecular complexity index is 992. The predicted molar refractivity (Wildman–Crippen MR) is 105 cm³/mol. The van der Waals surface area contributed by atoms with Crippen LogP contribution in [0.15, 0.2) is 72.8 Å². The molecule has 0 saturated heterocycles. The van der Waals surface area contributed by atoms with Gasteiger partial charge in [0.25, 0.3) is 0 Å². The minimum atomic E-state index is -0.311. The number of carbonyl (C=O) groups excluding carboxylic acids is 1. The van der Waals surface area contributed by atoms with Crippen molar-refractivity contribution in [2.75, 3.05) is 14.2 Å². The van der Waals surface area contributed by atoms with Gasteiger partial charge in [-0.2, -0.15) is 0 Å². The van der Waals surface area contributed by atoms with Gasteiger partial charge in [-0.15, -0.1) is 0 Å². The van der Waals surface area contributed by atoms with Gasteiger partial charge in [-0.3, -0.25) is 4.79 Å². The van der Waals surface area contributed by atoms with Crippen molar-refractivity contribution in [3.63, 3.8) is 0 Å². The summed E-state index contributed by atoms with van der Waals surface area (Å²) in [6.07, 6.45) is 3.18. The van der Waals surface area contributed by atoms with Gasteiger partial charge in [-0.1, -0.05) is 42.5 Å². The monoisotopic (exact) mass is 362 g/mol.